The Morgan fingerprint density at radius 3 is 1.71 bits per heavy atom. The normalized spacial score (nSPS) is 11.6. The highest BCUT2D eigenvalue weighted by Crippen LogP contribution is 2.43. The Morgan fingerprint density at radius 1 is 0.714 bits per heavy atom. The minimum atomic E-state index is 0.837. The van der Waals surface area contributed by atoms with E-state index in [1.165, 1.54) is 21.5 Å². The SMILES string of the molecule is COc1cc(OC)c2ccc3cc(S)cc4ccc1c2c43. The van der Waals surface area contributed by atoms with E-state index >= 15 is 0 Å². The van der Waals surface area contributed by atoms with Gasteiger partial charge in [-0.05, 0) is 40.4 Å². The van der Waals surface area contributed by atoms with Crippen LogP contribution in [0.3, 0.4) is 0 Å². The summed E-state index contributed by atoms with van der Waals surface area (Å²) in [5, 5.41) is 7.02. The molecule has 4 aromatic rings. The number of thiol groups is 1. The third-order valence-electron chi connectivity index (χ3n) is 4.06. The Balaban J connectivity index is 2.34. The van der Waals surface area contributed by atoms with Crippen molar-refractivity contribution in [2.45, 2.75) is 4.90 Å². The zero-order valence-corrected chi connectivity index (χ0v) is 12.7. The summed E-state index contributed by atoms with van der Waals surface area (Å²) in [6, 6.07) is 14.6. The van der Waals surface area contributed by atoms with Gasteiger partial charge in [0.15, 0.2) is 0 Å². The maximum absolute atomic E-state index is 5.54. The minimum absolute atomic E-state index is 0.837. The third kappa shape index (κ3) is 1.67. The van der Waals surface area contributed by atoms with Crippen LogP contribution in [-0.4, -0.2) is 14.2 Å². The molecular formula is C18H14O2S. The number of rotatable bonds is 2. The highest BCUT2D eigenvalue weighted by atomic mass is 32.1. The molecule has 0 saturated heterocycles. The van der Waals surface area contributed by atoms with Crippen LogP contribution < -0.4 is 9.47 Å². The average molecular weight is 294 g/mol. The van der Waals surface area contributed by atoms with Crippen LogP contribution in [-0.2, 0) is 0 Å². The fourth-order valence-electron chi connectivity index (χ4n) is 3.17. The molecule has 0 saturated carbocycles. The van der Waals surface area contributed by atoms with Crippen LogP contribution in [0.15, 0.2) is 47.4 Å². The lowest BCUT2D eigenvalue weighted by Crippen LogP contribution is -1.92. The molecule has 0 spiro atoms. The standard InChI is InChI=1S/C18H14O2S/c1-19-15-9-16(20-2)14-6-4-11-8-12(21)7-10-3-5-13(15)18(14)17(10)11/h3-9,21H,1-2H3. The summed E-state index contributed by atoms with van der Waals surface area (Å²) in [6.45, 7) is 0. The van der Waals surface area contributed by atoms with Crippen LogP contribution in [0.25, 0.3) is 32.3 Å². The molecule has 0 unspecified atom stereocenters. The molecule has 104 valence electrons. The van der Waals surface area contributed by atoms with Crippen LogP contribution >= 0.6 is 12.6 Å². The maximum atomic E-state index is 5.54. The van der Waals surface area contributed by atoms with Gasteiger partial charge < -0.3 is 9.47 Å². The van der Waals surface area contributed by atoms with E-state index in [4.69, 9.17) is 9.47 Å². The van der Waals surface area contributed by atoms with E-state index in [0.29, 0.717) is 0 Å². The third-order valence-corrected chi connectivity index (χ3v) is 4.32. The molecule has 0 amide bonds. The molecule has 4 rings (SSSR count). The van der Waals surface area contributed by atoms with E-state index in [9.17, 15) is 0 Å². The van der Waals surface area contributed by atoms with Gasteiger partial charge in [-0.3, -0.25) is 0 Å². The van der Waals surface area contributed by atoms with Crippen LogP contribution in [0.4, 0.5) is 0 Å². The van der Waals surface area contributed by atoms with Crippen molar-refractivity contribution in [1.82, 2.24) is 0 Å². The number of hydrogen-bond donors (Lipinski definition) is 1. The number of methoxy groups -OCH3 is 2. The zero-order chi connectivity index (χ0) is 14.6. The first-order valence-electron chi connectivity index (χ1n) is 6.75. The van der Waals surface area contributed by atoms with Crippen molar-refractivity contribution in [2.24, 2.45) is 0 Å². The van der Waals surface area contributed by atoms with Crippen molar-refractivity contribution >= 4 is 44.9 Å². The van der Waals surface area contributed by atoms with Crippen molar-refractivity contribution in [2.75, 3.05) is 14.2 Å². The number of ether oxygens (including phenoxy) is 2. The van der Waals surface area contributed by atoms with E-state index in [2.05, 4.69) is 49.0 Å². The molecule has 0 heterocycles. The molecule has 3 heteroatoms. The van der Waals surface area contributed by atoms with Crippen LogP contribution in [0.1, 0.15) is 0 Å². The highest BCUT2D eigenvalue weighted by molar-refractivity contribution is 7.80. The van der Waals surface area contributed by atoms with Gasteiger partial charge in [-0.25, -0.2) is 0 Å². The summed E-state index contributed by atoms with van der Waals surface area (Å²) in [6.07, 6.45) is 0. The summed E-state index contributed by atoms with van der Waals surface area (Å²) in [5.41, 5.74) is 0. The summed E-state index contributed by atoms with van der Waals surface area (Å²) in [5.74, 6) is 1.67. The summed E-state index contributed by atoms with van der Waals surface area (Å²) >= 11 is 4.49. The molecule has 2 nitrogen and oxygen atoms in total. The Kier molecular flexibility index (Phi) is 2.66. The van der Waals surface area contributed by atoms with E-state index < -0.39 is 0 Å². The van der Waals surface area contributed by atoms with Gasteiger partial charge in [-0.15, -0.1) is 12.6 Å². The summed E-state index contributed by atoms with van der Waals surface area (Å²) < 4.78 is 11.1. The van der Waals surface area contributed by atoms with Gasteiger partial charge in [-0.2, -0.15) is 0 Å². The second-order valence-electron chi connectivity index (χ2n) is 5.15. The predicted molar refractivity (Wildman–Crippen MR) is 90.5 cm³/mol. The fourth-order valence-corrected chi connectivity index (χ4v) is 3.45. The summed E-state index contributed by atoms with van der Waals surface area (Å²) in [7, 11) is 3.38. The molecule has 0 aliphatic carbocycles. The molecular weight excluding hydrogens is 280 g/mol. The monoisotopic (exact) mass is 294 g/mol. The largest absolute Gasteiger partial charge is 0.496 e. The molecule has 0 aliphatic rings. The molecule has 0 radical (unpaired) electrons. The van der Waals surface area contributed by atoms with Crippen LogP contribution in [0.5, 0.6) is 11.5 Å². The Bertz CT molecular complexity index is 904. The van der Waals surface area contributed by atoms with Gasteiger partial charge in [0.2, 0.25) is 0 Å². The van der Waals surface area contributed by atoms with Crippen LogP contribution in [0.2, 0.25) is 0 Å². The van der Waals surface area contributed by atoms with Gasteiger partial charge in [0.05, 0.1) is 14.2 Å². The smallest absolute Gasteiger partial charge is 0.130 e. The Hall–Kier alpha value is -2.13. The van der Waals surface area contributed by atoms with Crippen molar-refractivity contribution in [3.05, 3.63) is 42.5 Å². The lowest BCUT2D eigenvalue weighted by Gasteiger charge is -2.16. The van der Waals surface area contributed by atoms with E-state index in [1.807, 2.05) is 6.07 Å². The first-order chi connectivity index (χ1) is 10.2. The van der Waals surface area contributed by atoms with Gasteiger partial charge in [-0.1, -0.05) is 12.1 Å². The Labute approximate surface area is 128 Å². The second kappa shape index (κ2) is 4.43. The van der Waals surface area contributed by atoms with Gasteiger partial charge >= 0.3 is 0 Å². The quantitative estimate of drug-likeness (QED) is 0.419. The van der Waals surface area contributed by atoms with E-state index in [1.54, 1.807) is 14.2 Å². The average Bonchev–Trinajstić information content (AvgIpc) is 2.51. The van der Waals surface area contributed by atoms with Gasteiger partial charge in [0.25, 0.3) is 0 Å². The van der Waals surface area contributed by atoms with E-state index in [0.717, 1.165) is 27.2 Å². The first-order valence-corrected chi connectivity index (χ1v) is 7.20. The molecule has 0 fully saturated rings. The zero-order valence-electron chi connectivity index (χ0n) is 11.8. The van der Waals surface area contributed by atoms with Crippen molar-refractivity contribution < 1.29 is 9.47 Å². The second-order valence-corrected chi connectivity index (χ2v) is 5.67. The fraction of sp³-hybridized carbons (Fsp3) is 0.111. The lowest BCUT2D eigenvalue weighted by atomic mass is 9.93. The first kappa shape index (κ1) is 12.6. The van der Waals surface area contributed by atoms with Crippen molar-refractivity contribution in [1.29, 1.82) is 0 Å². The summed E-state index contributed by atoms with van der Waals surface area (Å²) in [4.78, 5) is 0.972. The molecule has 0 aliphatic heterocycles. The molecule has 21 heavy (non-hydrogen) atoms. The van der Waals surface area contributed by atoms with Gasteiger partial charge in [0, 0.05) is 27.1 Å². The molecule has 0 N–H and O–H groups in total. The minimum Gasteiger partial charge on any atom is -0.496 e. The van der Waals surface area contributed by atoms with Gasteiger partial charge in [0.1, 0.15) is 11.5 Å². The topological polar surface area (TPSA) is 18.5 Å². The molecule has 0 bridgehead atoms. The highest BCUT2D eigenvalue weighted by Gasteiger charge is 2.15. The van der Waals surface area contributed by atoms with Crippen LogP contribution in [0, 0.1) is 0 Å². The maximum Gasteiger partial charge on any atom is 0.130 e. The lowest BCUT2D eigenvalue weighted by molar-refractivity contribution is 0.401. The van der Waals surface area contributed by atoms with Crippen molar-refractivity contribution in [3.8, 4) is 11.5 Å². The molecule has 0 atom stereocenters. The van der Waals surface area contributed by atoms with Crippen molar-refractivity contribution in [3.63, 3.8) is 0 Å². The van der Waals surface area contributed by atoms with E-state index in [-0.39, 0.29) is 0 Å². The Morgan fingerprint density at radius 2 is 1.24 bits per heavy atom. The predicted octanol–water partition coefficient (Wildman–Crippen LogP) is 4.89. The number of benzene rings is 4. The number of hydrogen-bond acceptors (Lipinski definition) is 3. The molecule has 4 aromatic carbocycles. The molecule has 0 aromatic heterocycles.